The van der Waals surface area contributed by atoms with Gasteiger partial charge in [-0.3, -0.25) is 10.2 Å². The van der Waals surface area contributed by atoms with Gasteiger partial charge in [0.15, 0.2) is 0 Å². The zero-order valence-corrected chi connectivity index (χ0v) is 13.4. The van der Waals surface area contributed by atoms with Crippen molar-refractivity contribution in [1.29, 1.82) is 0 Å². The first-order chi connectivity index (χ1) is 10.0. The summed E-state index contributed by atoms with van der Waals surface area (Å²) < 4.78 is 0. The third kappa shape index (κ3) is 3.73. The molecule has 2 atom stereocenters. The number of aromatic nitrogens is 1. The maximum Gasteiger partial charge on any atom is 0.265 e. The summed E-state index contributed by atoms with van der Waals surface area (Å²) in [5.74, 6) is 0.684. The average molecular weight is 290 g/mol. The van der Waals surface area contributed by atoms with E-state index in [1.807, 2.05) is 20.0 Å². The van der Waals surface area contributed by atoms with Crippen LogP contribution in [0.4, 0.5) is 5.82 Å². The number of hydrogen-bond acceptors (Lipinski definition) is 4. The van der Waals surface area contributed by atoms with Gasteiger partial charge in [-0.2, -0.15) is 0 Å². The first kappa shape index (κ1) is 15.8. The van der Waals surface area contributed by atoms with Crippen molar-refractivity contribution in [1.82, 2.24) is 15.4 Å². The molecule has 1 aliphatic heterocycles. The predicted molar refractivity (Wildman–Crippen MR) is 85.2 cm³/mol. The molecule has 2 N–H and O–H groups in total. The lowest BCUT2D eigenvalue weighted by atomic mass is 10.00. The van der Waals surface area contributed by atoms with E-state index < -0.39 is 0 Å². The highest BCUT2D eigenvalue weighted by atomic mass is 16.2. The maximum atomic E-state index is 12.5. The van der Waals surface area contributed by atoms with Gasteiger partial charge in [0.1, 0.15) is 5.82 Å². The van der Waals surface area contributed by atoms with Crippen LogP contribution in [-0.4, -0.2) is 35.0 Å². The van der Waals surface area contributed by atoms with E-state index in [9.17, 15) is 4.79 Å². The van der Waals surface area contributed by atoms with E-state index >= 15 is 0 Å². The van der Waals surface area contributed by atoms with Gasteiger partial charge in [0.2, 0.25) is 0 Å². The summed E-state index contributed by atoms with van der Waals surface area (Å²) in [7, 11) is 1.82. The number of carbonyl (C=O) groups is 1. The Labute approximate surface area is 127 Å². The Kier molecular flexibility index (Phi) is 5.17. The van der Waals surface area contributed by atoms with Crippen molar-refractivity contribution >= 4 is 11.7 Å². The Morgan fingerprint density at radius 3 is 2.57 bits per heavy atom. The first-order valence-electron chi connectivity index (χ1n) is 7.83. The van der Waals surface area contributed by atoms with Gasteiger partial charge in [-0.05, 0) is 45.2 Å². The summed E-state index contributed by atoms with van der Waals surface area (Å²) in [6, 6.07) is 4.44. The Morgan fingerprint density at radius 1 is 1.33 bits per heavy atom. The van der Waals surface area contributed by atoms with Crippen LogP contribution in [0.2, 0.25) is 0 Å². The number of nitrogens with zero attached hydrogens (tertiary/aromatic N) is 2. The van der Waals surface area contributed by atoms with Gasteiger partial charge in [0, 0.05) is 30.4 Å². The van der Waals surface area contributed by atoms with Crippen molar-refractivity contribution in [2.75, 3.05) is 12.4 Å². The molecule has 5 heteroatoms. The van der Waals surface area contributed by atoms with E-state index in [0.717, 1.165) is 30.8 Å². The van der Waals surface area contributed by atoms with Crippen LogP contribution >= 0.6 is 0 Å². The molecule has 1 fully saturated rings. The number of pyridine rings is 1. The summed E-state index contributed by atoms with van der Waals surface area (Å²) >= 11 is 0. The summed E-state index contributed by atoms with van der Waals surface area (Å²) in [6.07, 6.45) is 4.30. The largest absolute Gasteiger partial charge is 0.373 e. The number of piperidine rings is 1. The molecule has 0 bridgehead atoms. The van der Waals surface area contributed by atoms with E-state index in [4.69, 9.17) is 0 Å². The molecule has 0 spiro atoms. The monoisotopic (exact) mass is 290 g/mol. The van der Waals surface area contributed by atoms with Crippen LogP contribution in [-0.2, 0) is 6.42 Å². The number of carbonyl (C=O) groups excluding carboxylic acids is 1. The van der Waals surface area contributed by atoms with Crippen molar-refractivity contribution in [2.45, 2.75) is 58.5 Å². The highest BCUT2D eigenvalue weighted by molar-refractivity contribution is 5.94. The maximum absolute atomic E-state index is 12.5. The molecule has 116 valence electrons. The molecule has 0 aromatic carbocycles. The molecule has 1 saturated heterocycles. The molecule has 1 aromatic rings. The molecule has 0 aliphatic carbocycles. The Bertz CT molecular complexity index is 471. The minimum absolute atomic E-state index is 0.0517. The molecule has 0 radical (unpaired) electrons. The fourth-order valence-corrected chi connectivity index (χ4v) is 2.85. The molecule has 2 unspecified atom stereocenters. The van der Waals surface area contributed by atoms with Crippen LogP contribution in [0.5, 0.6) is 0 Å². The molecular weight excluding hydrogens is 264 g/mol. The Hall–Kier alpha value is -1.62. The van der Waals surface area contributed by atoms with Gasteiger partial charge in [-0.1, -0.05) is 13.3 Å². The van der Waals surface area contributed by atoms with Crippen molar-refractivity contribution in [3.8, 4) is 0 Å². The Morgan fingerprint density at radius 2 is 2.00 bits per heavy atom. The highest BCUT2D eigenvalue weighted by Crippen LogP contribution is 2.21. The first-order valence-corrected chi connectivity index (χ1v) is 7.83. The zero-order valence-electron chi connectivity index (χ0n) is 13.4. The summed E-state index contributed by atoms with van der Waals surface area (Å²) in [6.45, 7) is 6.37. The zero-order chi connectivity index (χ0) is 15.4. The van der Waals surface area contributed by atoms with Crippen LogP contribution in [0.15, 0.2) is 12.1 Å². The molecule has 0 saturated carbocycles. The minimum Gasteiger partial charge on any atom is -0.373 e. The van der Waals surface area contributed by atoms with E-state index in [-0.39, 0.29) is 5.91 Å². The van der Waals surface area contributed by atoms with Crippen LogP contribution in [0.25, 0.3) is 0 Å². The van der Waals surface area contributed by atoms with Crippen molar-refractivity contribution in [3.63, 3.8) is 0 Å². The number of anilines is 1. The van der Waals surface area contributed by atoms with E-state index in [1.54, 1.807) is 6.07 Å². The number of hydrogen-bond donors (Lipinski definition) is 2. The molecule has 1 amide bonds. The third-order valence-corrected chi connectivity index (χ3v) is 4.18. The number of rotatable bonds is 4. The molecule has 21 heavy (non-hydrogen) atoms. The van der Waals surface area contributed by atoms with Crippen LogP contribution in [0.3, 0.4) is 0 Å². The topological polar surface area (TPSA) is 57.3 Å². The summed E-state index contributed by atoms with van der Waals surface area (Å²) in [5, 5.41) is 5.11. The smallest absolute Gasteiger partial charge is 0.265 e. The fraction of sp³-hybridized carbons (Fsp3) is 0.625. The molecule has 2 heterocycles. The van der Waals surface area contributed by atoms with Gasteiger partial charge in [0.05, 0.1) is 0 Å². The predicted octanol–water partition coefficient (Wildman–Crippen LogP) is 2.59. The number of aryl methyl sites for hydroxylation is 1. The van der Waals surface area contributed by atoms with Crippen molar-refractivity contribution in [2.24, 2.45) is 0 Å². The second-order valence-corrected chi connectivity index (χ2v) is 5.81. The standard InChI is InChI=1S/C16H26N4O/c1-5-14-9-13(10-15(17-4)18-14)16(21)19-20-11(2)7-6-8-12(20)3/h9-12H,5-8H2,1-4H3,(H,17,18)(H,19,21). The molecule has 2 rings (SSSR count). The quantitative estimate of drug-likeness (QED) is 0.895. The van der Waals surface area contributed by atoms with E-state index in [2.05, 4.69) is 34.6 Å². The van der Waals surface area contributed by atoms with Crippen LogP contribution in [0.1, 0.15) is 56.1 Å². The van der Waals surface area contributed by atoms with Crippen molar-refractivity contribution in [3.05, 3.63) is 23.4 Å². The van der Waals surface area contributed by atoms with Gasteiger partial charge >= 0.3 is 0 Å². The summed E-state index contributed by atoms with van der Waals surface area (Å²) in [5.41, 5.74) is 4.66. The SMILES string of the molecule is CCc1cc(C(=O)NN2C(C)CCCC2C)cc(NC)n1. The number of amides is 1. The van der Waals surface area contributed by atoms with Gasteiger partial charge in [-0.15, -0.1) is 0 Å². The van der Waals surface area contributed by atoms with E-state index in [0.29, 0.717) is 17.6 Å². The number of nitrogens with one attached hydrogen (secondary N) is 2. The third-order valence-electron chi connectivity index (χ3n) is 4.18. The van der Waals surface area contributed by atoms with E-state index in [1.165, 1.54) is 6.42 Å². The van der Waals surface area contributed by atoms with Crippen LogP contribution in [0, 0.1) is 0 Å². The Balaban J connectivity index is 2.15. The fourth-order valence-electron chi connectivity index (χ4n) is 2.85. The van der Waals surface area contributed by atoms with Crippen molar-refractivity contribution < 1.29 is 4.79 Å². The van der Waals surface area contributed by atoms with Gasteiger partial charge in [-0.25, -0.2) is 9.99 Å². The van der Waals surface area contributed by atoms with Gasteiger partial charge in [0.25, 0.3) is 5.91 Å². The molecular formula is C16H26N4O. The normalized spacial score (nSPS) is 22.9. The second kappa shape index (κ2) is 6.89. The van der Waals surface area contributed by atoms with Gasteiger partial charge < -0.3 is 5.32 Å². The number of hydrazine groups is 1. The van der Waals surface area contributed by atoms with Crippen LogP contribution < -0.4 is 10.7 Å². The highest BCUT2D eigenvalue weighted by Gasteiger charge is 2.26. The average Bonchev–Trinajstić information content (AvgIpc) is 2.50. The molecule has 1 aliphatic rings. The summed E-state index contributed by atoms with van der Waals surface area (Å²) in [4.78, 5) is 17.0. The lowest BCUT2D eigenvalue weighted by molar-refractivity contribution is 0.0369. The lowest BCUT2D eigenvalue weighted by Crippen LogP contribution is -2.54. The minimum atomic E-state index is -0.0517. The molecule has 1 aromatic heterocycles. The molecule has 5 nitrogen and oxygen atoms in total. The lowest BCUT2D eigenvalue weighted by Gasteiger charge is -2.38. The second-order valence-electron chi connectivity index (χ2n) is 5.81.